The number of hydrogen-bond donors (Lipinski definition) is 1. The van der Waals surface area contributed by atoms with E-state index < -0.39 is 7.14 Å². The van der Waals surface area contributed by atoms with Gasteiger partial charge in [0.2, 0.25) is 0 Å². The molecule has 0 radical (unpaired) electrons. The molecule has 0 atom stereocenters. The zero-order chi connectivity index (χ0) is 19.1. The van der Waals surface area contributed by atoms with Gasteiger partial charge in [-0.1, -0.05) is 64.6 Å². The van der Waals surface area contributed by atoms with Gasteiger partial charge in [-0.2, -0.15) is 0 Å². The molecule has 3 nitrogen and oxygen atoms in total. The minimum atomic E-state index is -2.16. The largest absolute Gasteiger partial charge is 0.383 e. The molecular weight excluding hydrogens is 303 g/mol. The number of nitrogens with zero attached hydrogens (tertiary/aromatic N) is 1. The van der Waals surface area contributed by atoms with Crippen molar-refractivity contribution in [2.75, 3.05) is 34.5 Å². The first-order valence-electron chi connectivity index (χ1n) is 8.09. The third-order valence-corrected chi connectivity index (χ3v) is 3.98. The average molecular weight is 340 g/mol. The smallest absolute Gasteiger partial charge is 0.109 e. The predicted molar refractivity (Wildman–Crippen MR) is 110 cm³/mol. The number of nitrogens with two attached hydrogens (primary N) is 1. The summed E-state index contributed by atoms with van der Waals surface area (Å²) in [6.45, 7) is 15.4. The fraction of sp³-hybridized carbons (Fsp3) is 0.474. The van der Waals surface area contributed by atoms with Gasteiger partial charge in [0.15, 0.2) is 0 Å². The molecule has 1 rings (SSSR count). The second kappa shape index (κ2) is 15.6. The van der Waals surface area contributed by atoms with E-state index in [0.29, 0.717) is 0 Å². The van der Waals surface area contributed by atoms with Crippen LogP contribution in [0.2, 0.25) is 0 Å². The normalized spacial score (nSPS) is 9.91. The third-order valence-electron chi connectivity index (χ3n) is 2.44. The summed E-state index contributed by atoms with van der Waals surface area (Å²) in [5.41, 5.74) is 6.65. The van der Waals surface area contributed by atoms with Crippen molar-refractivity contribution in [2.24, 2.45) is 5.73 Å². The van der Waals surface area contributed by atoms with Gasteiger partial charge in [0.25, 0.3) is 0 Å². The predicted octanol–water partition coefficient (Wildman–Crippen LogP) is 4.65. The Morgan fingerprint density at radius 2 is 1.43 bits per heavy atom. The van der Waals surface area contributed by atoms with Crippen molar-refractivity contribution >= 4 is 18.0 Å². The molecule has 0 fully saturated rings. The van der Waals surface area contributed by atoms with Crippen LogP contribution in [0.25, 0.3) is 5.57 Å². The number of allylic oxidation sites excluding steroid dienone is 2. The van der Waals surface area contributed by atoms with E-state index in [1.54, 1.807) is 13.3 Å². The standard InChI is InChI=1S/C14H20NOP.2C2H6.CH5N/c1-6-12(11-15(2)3)13-7-9-14(10-8-13)17(4,5)16;3*1-2/h6-11H,1H2,2-5H3;2*1-2H3;2H2,1H3/b12-11+;;;. The van der Waals surface area contributed by atoms with Gasteiger partial charge in [0, 0.05) is 25.6 Å². The molecule has 0 bridgehead atoms. The minimum Gasteiger partial charge on any atom is -0.383 e. The summed E-state index contributed by atoms with van der Waals surface area (Å²) in [6, 6.07) is 7.85. The molecule has 4 heteroatoms. The Kier molecular flexibility index (Phi) is 18.0. The van der Waals surface area contributed by atoms with Crippen LogP contribution < -0.4 is 11.0 Å². The molecule has 0 saturated heterocycles. The Morgan fingerprint density at radius 3 is 1.70 bits per heavy atom. The molecule has 0 spiro atoms. The Bertz CT molecular complexity index is 471. The van der Waals surface area contributed by atoms with Crippen LogP contribution in [0.4, 0.5) is 0 Å². The summed E-state index contributed by atoms with van der Waals surface area (Å²) >= 11 is 0. The van der Waals surface area contributed by atoms with Gasteiger partial charge in [0.05, 0.1) is 0 Å². The lowest BCUT2D eigenvalue weighted by Crippen LogP contribution is -2.04. The Hall–Kier alpha value is -1.31. The van der Waals surface area contributed by atoms with Gasteiger partial charge >= 0.3 is 0 Å². The molecule has 0 unspecified atom stereocenters. The maximum atomic E-state index is 11.9. The van der Waals surface area contributed by atoms with Crippen molar-refractivity contribution in [3.05, 3.63) is 48.7 Å². The zero-order valence-electron chi connectivity index (χ0n) is 16.6. The summed E-state index contributed by atoms with van der Waals surface area (Å²) in [5.74, 6) is 0. The topological polar surface area (TPSA) is 46.3 Å². The molecule has 23 heavy (non-hydrogen) atoms. The van der Waals surface area contributed by atoms with Gasteiger partial charge < -0.3 is 15.2 Å². The van der Waals surface area contributed by atoms with E-state index in [1.165, 1.54) is 7.05 Å². The van der Waals surface area contributed by atoms with E-state index in [9.17, 15) is 4.57 Å². The van der Waals surface area contributed by atoms with E-state index in [1.807, 2.05) is 83.2 Å². The second-order valence-corrected chi connectivity index (χ2v) is 7.87. The van der Waals surface area contributed by atoms with Crippen LogP contribution in [0.15, 0.2) is 43.1 Å². The van der Waals surface area contributed by atoms with E-state index >= 15 is 0 Å². The van der Waals surface area contributed by atoms with Gasteiger partial charge in [-0.3, -0.25) is 0 Å². The molecule has 2 N–H and O–H groups in total. The van der Waals surface area contributed by atoms with Crippen molar-refractivity contribution in [3.63, 3.8) is 0 Å². The lowest BCUT2D eigenvalue weighted by molar-refractivity contribution is 0.566. The summed E-state index contributed by atoms with van der Waals surface area (Å²) < 4.78 is 11.9. The fourth-order valence-corrected chi connectivity index (χ4v) is 2.40. The van der Waals surface area contributed by atoms with Crippen molar-refractivity contribution in [1.29, 1.82) is 0 Å². The van der Waals surface area contributed by atoms with Crippen molar-refractivity contribution in [2.45, 2.75) is 27.7 Å². The van der Waals surface area contributed by atoms with Gasteiger partial charge in [-0.05, 0) is 31.5 Å². The molecule has 0 aliphatic rings. The fourth-order valence-electron chi connectivity index (χ4n) is 1.54. The van der Waals surface area contributed by atoms with Crippen LogP contribution in [0.5, 0.6) is 0 Å². The number of hydrogen-bond acceptors (Lipinski definition) is 3. The second-order valence-electron chi connectivity index (χ2n) is 4.65. The molecule has 0 heterocycles. The Morgan fingerprint density at radius 1 is 1.04 bits per heavy atom. The van der Waals surface area contributed by atoms with Gasteiger partial charge in [0.1, 0.15) is 7.14 Å². The lowest BCUT2D eigenvalue weighted by atomic mass is 10.1. The summed E-state index contributed by atoms with van der Waals surface area (Å²) in [6.07, 6.45) is 3.84. The molecular formula is C19H37N2OP. The molecule has 0 aliphatic heterocycles. The van der Waals surface area contributed by atoms with Gasteiger partial charge in [-0.25, -0.2) is 0 Å². The highest BCUT2D eigenvalue weighted by Gasteiger charge is 2.10. The Balaban J connectivity index is -0.000000595. The first kappa shape index (κ1) is 26.6. The van der Waals surface area contributed by atoms with Crippen LogP contribution >= 0.6 is 7.14 Å². The van der Waals surface area contributed by atoms with Crippen LogP contribution in [0.3, 0.4) is 0 Å². The number of rotatable bonds is 4. The maximum Gasteiger partial charge on any atom is 0.109 e. The van der Waals surface area contributed by atoms with Crippen molar-refractivity contribution in [3.8, 4) is 0 Å². The monoisotopic (exact) mass is 340 g/mol. The zero-order valence-corrected chi connectivity index (χ0v) is 17.4. The third kappa shape index (κ3) is 11.9. The summed E-state index contributed by atoms with van der Waals surface area (Å²) in [5, 5.41) is 0.912. The summed E-state index contributed by atoms with van der Waals surface area (Å²) in [7, 11) is 3.29. The van der Waals surface area contributed by atoms with Crippen molar-refractivity contribution < 1.29 is 4.57 Å². The molecule has 0 aliphatic carbocycles. The Labute approximate surface area is 144 Å². The van der Waals surface area contributed by atoms with E-state index in [2.05, 4.69) is 12.3 Å². The van der Waals surface area contributed by atoms with Crippen LogP contribution in [-0.2, 0) is 4.57 Å². The minimum absolute atomic E-state index is 0.912. The first-order chi connectivity index (χ1) is 10.8. The number of benzene rings is 1. The van der Waals surface area contributed by atoms with Crippen LogP contribution in [-0.4, -0.2) is 39.4 Å². The first-order valence-corrected chi connectivity index (χ1v) is 10.7. The van der Waals surface area contributed by atoms with E-state index in [4.69, 9.17) is 0 Å². The highest BCUT2D eigenvalue weighted by molar-refractivity contribution is 7.70. The van der Waals surface area contributed by atoms with Crippen molar-refractivity contribution in [1.82, 2.24) is 4.90 Å². The quantitative estimate of drug-likeness (QED) is 0.641. The molecule has 0 amide bonds. The maximum absolute atomic E-state index is 11.9. The van der Waals surface area contributed by atoms with E-state index in [0.717, 1.165) is 16.4 Å². The highest BCUT2D eigenvalue weighted by Crippen LogP contribution is 2.34. The lowest BCUT2D eigenvalue weighted by Gasteiger charge is -2.11. The van der Waals surface area contributed by atoms with Gasteiger partial charge in [-0.15, -0.1) is 0 Å². The van der Waals surface area contributed by atoms with E-state index in [-0.39, 0.29) is 0 Å². The SMILES string of the molecule is C=C/C(=C\N(C)C)c1ccc(P(C)(C)=O)cc1.CC.CC.CN. The molecule has 0 aromatic heterocycles. The molecule has 1 aromatic rings. The molecule has 134 valence electrons. The highest BCUT2D eigenvalue weighted by atomic mass is 31.2. The molecule has 0 saturated carbocycles. The van der Waals surface area contributed by atoms with Crippen LogP contribution in [0.1, 0.15) is 33.3 Å². The average Bonchev–Trinajstić information content (AvgIpc) is 2.57. The summed E-state index contributed by atoms with van der Waals surface area (Å²) in [4.78, 5) is 1.98. The molecule has 1 aromatic carbocycles. The van der Waals surface area contributed by atoms with Crippen LogP contribution in [0, 0.1) is 0 Å².